The van der Waals surface area contributed by atoms with E-state index in [9.17, 15) is 4.79 Å². The molecule has 0 bridgehead atoms. The van der Waals surface area contributed by atoms with Gasteiger partial charge in [-0.15, -0.1) is 0 Å². The molecule has 0 aliphatic carbocycles. The van der Waals surface area contributed by atoms with Gasteiger partial charge in [-0.05, 0) is 43.1 Å². The average molecular weight is 380 g/mol. The number of aromatic amines is 1. The van der Waals surface area contributed by atoms with E-state index in [4.69, 9.17) is 0 Å². The predicted molar refractivity (Wildman–Crippen MR) is 111 cm³/mol. The van der Waals surface area contributed by atoms with E-state index in [1.807, 2.05) is 6.08 Å². The number of carbonyl (C=O) groups is 1. The Labute approximate surface area is 166 Å². The average Bonchev–Trinajstić information content (AvgIpc) is 3.20. The van der Waals surface area contributed by atoms with E-state index in [0.29, 0.717) is 22.9 Å². The number of hydrogen-bond donors (Lipinski definition) is 2. The van der Waals surface area contributed by atoms with Crippen LogP contribution in [-0.2, 0) is 11.3 Å². The van der Waals surface area contributed by atoms with Crippen LogP contribution >= 0.6 is 0 Å². The van der Waals surface area contributed by atoms with Gasteiger partial charge in [0.15, 0.2) is 0 Å². The van der Waals surface area contributed by atoms with Crippen molar-refractivity contribution in [2.75, 3.05) is 13.1 Å². The minimum absolute atomic E-state index is 0.229. The first-order valence-electron chi connectivity index (χ1n) is 9.76. The minimum Gasteiger partial charge on any atom is -0.359 e. The van der Waals surface area contributed by atoms with Crippen molar-refractivity contribution in [1.82, 2.24) is 25.3 Å². The first-order chi connectivity index (χ1) is 13.5. The quantitative estimate of drug-likeness (QED) is 0.723. The Kier molecular flexibility index (Phi) is 6.04. The molecule has 0 radical (unpaired) electrons. The van der Waals surface area contributed by atoms with E-state index in [0.717, 1.165) is 31.0 Å². The zero-order chi connectivity index (χ0) is 20.3. The second-order valence-electron chi connectivity index (χ2n) is 7.22. The number of carbonyl (C=O) groups excluding carboxylic acids is 1. The van der Waals surface area contributed by atoms with Crippen molar-refractivity contribution < 1.29 is 4.79 Å². The molecule has 28 heavy (non-hydrogen) atoms. The number of hydrogen-bond acceptors (Lipinski definition) is 5. The third-order valence-electron chi connectivity index (χ3n) is 5.11. The largest absolute Gasteiger partial charge is 0.359 e. The maximum atomic E-state index is 12.4. The number of hydrazone groups is 1. The van der Waals surface area contributed by atoms with Gasteiger partial charge in [-0.3, -0.25) is 19.7 Å². The molecule has 0 saturated heterocycles. The highest BCUT2D eigenvalue weighted by Gasteiger charge is 2.27. The second kappa shape index (κ2) is 8.48. The topological polar surface area (TPSA) is 86.3 Å². The molecule has 0 atom stereocenters. The van der Waals surface area contributed by atoms with Crippen LogP contribution in [0.3, 0.4) is 0 Å². The van der Waals surface area contributed by atoms with Gasteiger partial charge in [0, 0.05) is 30.3 Å². The zero-order valence-electron chi connectivity index (χ0n) is 17.2. The highest BCUT2D eigenvalue weighted by Crippen LogP contribution is 2.30. The molecule has 2 N–H and O–H groups in total. The van der Waals surface area contributed by atoms with E-state index in [2.05, 4.69) is 65.0 Å². The molecule has 7 nitrogen and oxygen atoms in total. The Balaban J connectivity index is 2.05. The Morgan fingerprint density at radius 3 is 2.57 bits per heavy atom. The molecule has 0 spiro atoms. The van der Waals surface area contributed by atoms with Crippen molar-refractivity contribution in [1.29, 1.82) is 0 Å². The maximum Gasteiger partial charge on any atom is 0.273 e. The molecule has 0 fully saturated rings. The van der Waals surface area contributed by atoms with Crippen LogP contribution in [0.5, 0.6) is 0 Å². The van der Waals surface area contributed by atoms with Crippen molar-refractivity contribution in [3.05, 3.63) is 52.4 Å². The van der Waals surface area contributed by atoms with E-state index in [1.54, 1.807) is 18.6 Å². The van der Waals surface area contributed by atoms with Crippen LogP contribution in [0.25, 0.3) is 6.08 Å². The Hall–Kier alpha value is -2.80. The maximum absolute atomic E-state index is 12.4. The Morgan fingerprint density at radius 1 is 1.21 bits per heavy atom. The van der Waals surface area contributed by atoms with Crippen LogP contribution in [0.2, 0.25) is 0 Å². The van der Waals surface area contributed by atoms with Crippen molar-refractivity contribution in [2.24, 2.45) is 5.10 Å². The van der Waals surface area contributed by atoms with Gasteiger partial charge in [0.05, 0.1) is 11.8 Å². The number of aryl methyl sites for hydroxylation is 1. The van der Waals surface area contributed by atoms with Crippen LogP contribution in [0.15, 0.2) is 29.3 Å². The van der Waals surface area contributed by atoms with Gasteiger partial charge in [0.1, 0.15) is 11.4 Å². The van der Waals surface area contributed by atoms with E-state index >= 15 is 0 Å². The summed E-state index contributed by atoms with van der Waals surface area (Å²) in [6, 6.07) is 0. The van der Waals surface area contributed by atoms with Crippen molar-refractivity contribution in [3.8, 4) is 0 Å². The monoisotopic (exact) mass is 380 g/mol. The van der Waals surface area contributed by atoms with Crippen molar-refractivity contribution in [3.63, 3.8) is 0 Å². The van der Waals surface area contributed by atoms with Crippen LogP contribution < -0.4 is 5.43 Å². The number of rotatable bonds is 7. The van der Waals surface area contributed by atoms with Crippen LogP contribution in [0.1, 0.15) is 61.8 Å². The lowest BCUT2D eigenvalue weighted by Crippen LogP contribution is -2.23. The fourth-order valence-corrected chi connectivity index (χ4v) is 3.59. The fraction of sp³-hybridized carbons (Fsp3) is 0.429. The minimum atomic E-state index is -0.229. The standard InChI is InChI=1S/C21H28N6O/c1-6-27(7-2)12-16-14(5)24-17(19(16)13(3)4)10-15-20(25-26-21(15)28)18-11-22-8-9-23-18/h8-11,13,24H,6-7,12H2,1-5H3,(H,26,28)/b15-10+. The lowest BCUT2D eigenvalue weighted by atomic mass is 9.95. The summed E-state index contributed by atoms with van der Waals surface area (Å²) in [5, 5.41) is 4.17. The van der Waals surface area contributed by atoms with Gasteiger partial charge < -0.3 is 4.98 Å². The Bertz CT molecular complexity index is 906. The molecule has 2 aromatic rings. The number of H-pyrrole nitrogens is 1. The van der Waals surface area contributed by atoms with Crippen molar-refractivity contribution in [2.45, 2.75) is 47.1 Å². The summed E-state index contributed by atoms with van der Waals surface area (Å²) in [6.07, 6.45) is 6.70. The fourth-order valence-electron chi connectivity index (χ4n) is 3.59. The van der Waals surface area contributed by atoms with Crippen LogP contribution in [0.4, 0.5) is 0 Å². The summed E-state index contributed by atoms with van der Waals surface area (Å²) in [5.41, 5.74) is 8.79. The molecule has 2 aromatic heterocycles. The molecule has 1 aliphatic heterocycles. The third-order valence-corrected chi connectivity index (χ3v) is 5.11. The highest BCUT2D eigenvalue weighted by molar-refractivity contribution is 6.32. The molecule has 148 valence electrons. The van der Waals surface area contributed by atoms with Gasteiger partial charge in [-0.1, -0.05) is 27.7 Å². The van der Waals surface area contributed by atoms with Crippen LogP contribution in [-0.4, -0.2) is 44.6 Å². The lowest BCUT2D eigenvalue weighted by molar-refractivity contribution is -0.116. The SMILES string of the molecule is CCN(CC)Cc1c(C)[nH]c(/C=C2/C(=O)NN=C2c2cnccn2)c1C(C)C. The molecular weight excluding hydrogens is 352 g/mol. The van der Waals surface area contributed by atoms with E-state index in [1.165, 1.54) is 11.1 Å². The van der Waals surface area contributed by atoms with Gasteiger partial charge in [0.2, 0.25) is 0 Å². The molecule has 3 heterocycles. The van der Waals surface area contributed by atoms with E-state index < -0.39 is 0 Å². The number of amides is 1. The molecule has 1 aliphatic rings. The smallest absolute Gasteiger partial charge is 0.273 e. The molecule has 0 aromatic carbocycles. The first-order valence-corrected chi connectivity index (χ1v) is 9.76. The van der Waals surface area contributed by atoms with E-state index in [-0.39, 0.29) is 5.91 Å². The van der Waals surface area contributed by atoms with Crippen molar-refractivity contribution >= 4 is 17.7 Å². The predicted octanol–water partition coefficient (Wildman–Crippen LogP) is 3.00. The summed E-state index contributed by atoms with van der Waals surface area (Å²) in [7, 11) is 0. The molecule has 3 rings (SSSR count). The van der Waals surface area contributed by atoms with Crippen LogP contribution in [0, 0.1) is 6.92 Å². The molecule has 7 heteroatoms. The summed E-state index contributed by atoms with van der Waals surface area (Å²) in [4.78, 5) is 26.7. The highest BCUT2D eigenvalue weighted by atomic mass is 16.2. The molecule has 0 saturated carbocycles. The van der Waals surface area contributed by atoms with Gasteiger partial charge in [-0.25, -0.2) is 5.43 Å². The van der Waals surface area contributed by atoms with Gasteiger partial charge >= 0.3 is 0 Å². The second-order valence-corrected chi connectivity index (χ2v) is 7.22. The zero-order valence-corrected chi connectivity index (χ0v) is 17.2. The molecule has 1 amide bonds. The lowest BCUT2D eigenvalue weighted by Gasteiger charge is -2.20. The summed E-state index contributed by atoms with van der Waals surface area (Å²) < 4.78 is 0. The summed E-state index contributed by atoms with van der Waals surface area (Å²) >= 11 is 0. The number of nitrogens with zero attached hydrogens (tertiary/aromatic N) is 4. The molecular formula is C21H28N6O. The Morgan fingerprint density at radius 2 is 1.96 bits per heavy atom. The first kappa shape index (κ1) is 19.9. The van der Waals surface area contributed by atoms with Gasteiger partial charge in [0.25, 0.3) is 5.91 Å². The normalized spacial score (nSPS) is 15.6. The molecule has 0 unspecified atom stereocenters. The summed E-state index contributed by atoms with van der Waals surface area (Å²) in [5.74, 6) is 0.0941. The third kappa shape index (κ3) is 3.89. The summed E-state index contributed by atoms with van der Waals surface area (Å²) in [6.45, 7) is 13.7. The number of aromatic nitrogens is 3. The van der Waals surface area contributed by atoms with Gasteiger partial charge in [-0.2, -0.15) is 5.10 Å². The number of nitrogens with one attached hydrogen (secondary N) is 2.